The number of hydrogen-bond acceptors (Lipinski definition) is 3. The van der Waals surface area contributed by atoms with Gasteiger partial charge in [-0.15, -0.1) is 5.10 Å². The van der Waals surface area contributed by atoms with E-state index in [1.165, 1.54) is 6.07 Å². The van der Waals surface area contributed by atoms with Crippen molar-refractivity contribution >= 4 is 5.91 Å². The number of aryl methyl sites for hydroxylation is 1. The third-order valence-corrected chi connectivity index (χ3v) is 2.51. The summed E-state index contributed by atoms with van der Waals surface area (Å²) in [5.41, 5.74) is 0.457. The average molecular weight is 266 g/mol. The van der Waals surface area contributed by atoms with E-state index in [1.54, 1.807) is 0 Å². The number of carbonyl (C=O) groups excluding carboxylic acids is 1. The topological polar surface area (TPSA) is 70.7 Å². The normalized spacial score (nSPS) is 10.5. The second-order valence-corrected chi connectivity index (χ2v) is 3.89. The number of rotatable bonds is 4. The van der Waals surface area contributed by atoms with E-state index in [1.807, 2.05) is 6.92 Å². The van der Waals surface area contributed by atoms with Crippen LogP contribution in [0.25, 0.3) is 0 Å². The van der Waals surface area contributed by atoms with Crippen molar-refractivity contribution in [3.05, 3.63) is 47.0 Å². The van der Waals surface area contributed by atoms with Crippen LogP contribution in [-0.4, -0.2) is 21.1 Å². The van der Waals surface area contributed by atoms with Gasteiger partial charge in [0, 0.05) is 13.0 Å². The Bertz CT molecular complexity index is 597. The summed E-state index contributed by atoms with van der Waals surface area (Å²) in [7, 11) is 0. The van der Waals surface area contributed by atoms with Crippen molar-refractivity contribution in [2.24, 2.45) is 0 Å². The first-order valence-electron chi connectivity index (χ1n) is 5.73. The molecule has 1 amide bonds. The van der Waals surface area contributed by atoms with Crippen molar-refractivity contribution in [1.29, 1.82) is 0 Å². The Morgan fingerprint density at radius 2 is 2.16 bits per heavy atom. The lowest BCUT2D eigenvalue weighted by molar-refractivity contribution is 0.0941. The molecular formula is C12H12F2N4O. The van der Waals surface area contributed by atoms with E-state index >= 15 is 0 Å². The van der Waals surface area contributed by atoms with Crippen LogP contribution in [0.1, 0.15) is 28.9 Å². The summed E-state index contributed by atoms with van der Waals surface area (Å²) >= 11 is 0. The highest BCUT2D eigenvalue weighted by Gasteiger charge is 2.11. The highest BCUT2D eigenvalue weighted by Crippen LogP contribution is 2.08. The molecule has 7 heteroatoms. The molecule has 100 valence electrons. The molecule has 0 fully saturated rings. The molecular weight excluding hydrogens is 254 g/mol. The Morgan fingerprint density at radius 3 is 2.79 bits per heavy atom. The quantitative estimate of drug-likeness (QED) is 0.882. The van der Waals surface area contributed by atoms with E-state index < -0.39 is 17.5 Å². The first-order valence-corrected chi connectivity index (χ1v) is 5.73. The van der Waals surface area contributed by atoms with Gasteiger partial charge >= 0.3 is 0 Å². The van der Waals surface area contributed by atoms with Gasteiger partial charge in [-0.2, -0.15) is 0 Å². The number of H-pyrrole nitrogens is 1. The van der Waals surface area contributed by atoms with Crippen LogP contribution >= 0.6 is 0 Å². The number of nitrogens with one attached hydrogen (secondary N) is 2. The van der Waals surface area contributed by atoms with Gasteiger partial charge in [0.15, 0.2) is 11.6 Å². The molecule has 0 bridgehead atoms. The third-order valence-electron chi connectivity index (χ3n) is 2.51. The zero-order valence-electron chi connectivity index (χ0n) is 10.2. The maximum Gasteiger partial charge on any atom is 0.291 e. The van der Waals surface area contributed by atoms with Gasteiger partial charge in [-0.1, -0.05) is 13.0 Å². The summed E-state index contributed by atoms with van der Waals surface area (Å²) in [4.78, 5) is 15.6. The van der Waals surface area contributed by atoms with Crippen LogP contribution in [-0.2, 0) is 13.0 Å². The van der Waals surface area contributed by atoms with E-state index in [0.717, 1.165) is 12.1 Å². The molecule has 0 unspecified atom stereocenters. The van der Waals surface area contributed by atoms with Gasteiger partial charge in [0.05, 0.1) is 0 Å². The lowest BCUT2D eigenvalue weighted by Gasteiger charge is -2.03. The fraction of sp³-hybridized carbons (Fsp3) is 0.250. The standard InChI is InChI=1S/C12H12F2N4O/c1-2-10-16-11(18-17-10)12(19)15-6-7-3-4-8(13)9(14)5-7/h3-5H,2,6H2,1H3,(H,15,19)(H,16,17,18). The number of hydrogen-bond donors (Lipinski definition) is 2. The molecule has 0 saturated heterocycles. The molecule has 0 saturated carbocycles. The van der Waals surface area contributed by atoms with Crippen LogP contribution in [0.2, 0.25) is 0 Å². The van der Waals surface area contributed by atoms with E-state index in [-0.39, 0.29) is 12.4 Å². The molecule has 2 rings (SSSR count). The predicted octanol–water partition coefficient (Wildman–Crippen LogP) is 1.58. The van der Waals surface area contributed by atoms with Gasteiger partial charge in [-0.3, -0.25) is 9.89 Å². The lowest BCUT2D eigenvalue weighted by Crippen LogP contribution is -2.24. The van der Waals surface area contributed by atoms with Crippen molar-refractivity contribution in [2.45, 2.75) is 19.9 Å². The molecule has 2 N–H and O–H groups in total. The molecule has 1 heterocycles. The summed E-state index contributed by atoms with van der Waals surface area (Å²) in [5, 5.41) is 8.89. The predicted molar refractivity (Wildman–Crippen MR) is 63.3 cm³/mol. The molecule has 0 aliphatic rings. The number of aromatic nitrogens is 3. The van der Waals surface area contributed by atoms with E-state index in [0.29, 0.717) is 17.8 Å². The highest BCUT2D eigenvalue weighted by atomic mass is 19.2. The largest absolute Gasteiger partial charge is 0.345 e. The first-order chi connectivity index (χ1) is 9.10. The Kier molecular flexibility index (Phi) is 3.84. The average Bonchev–Trinajstić information content (AvgIpc) is 2.88. The minimum Gasteiger partial charge on any atom is -0.345 e. The van der Waals surface area contributed by atoms with Crippen LogP contribution < -0.4 is 5.32 Å². The zero-order valence-corrected chi connectivity index (χ0v) is 10.2. The SMILES string of the molecule is CCc1nc(C(=O)NCc2ccc(F)c(F)c2)n[nH]1. The third kappa shape index (κ3) is 3.12. The number of benzene rings is 1. The van der Waals surface area contributed by atoms with Gasteiger partial charge in [-0.05, 0) is 17.7 Å². The summed E-state index contributed by atoms with van der Waals surface area (Å²) in [6, 6.07) is 3.44. The van der Waals surface area contributed by atoms with Crippen molar-refractivity contribution in [1.82, 2.24) is 20.5 Å². The number of halogens is 2. The van der Waals surface area contributed by atoms with Gasteiger partial charge in [0.2, 0.25) is 5.82 Å². The molecule has 2 aromatic rings. The first kappa shape index (κ1) is 13.1. The van der Waals surface area contributed by atoms with Crippen molar-refractivity contribution in [3.8, 4) is 0 Å². The second kappa shape index (κ2) is 5.55. The maximum absolute atomic E-state index is 13.0. The summed E-state index contributed by atoms with van der Waals surface area (Å²) in [6.45, 7) is 1.95. The molecule has 0 radical (unpaired) electrons. The summed E-state index contributed by atoms with van der Waals surface area (Å²) in [5.74, 6) is -1.70. The van der Waals surface area contributed by atoms with E-state index in [9.17, 15) is 13.6 Å². The highest BCUT2D eigenvalue weighted by molar-refractivity contribution is 5.90. The number of amides is 1. The van der Waals surface area contributed by atoms with Crippen LogP contribution in [0.4, 0.5) is 8.78 Å². The van der Waals surface area contributed by atoms with E-state index in [4.69, 9.17) is 0 Å². The second-order valence-electron chi connectivity index (χ2n) is 3.89. The number of aromatic amines is 1. The molecule has 0 spiro atoms. The Labute approximate surface area is 108 Å². The fourth-order valence-electron chi connectivity index (χ4n) is 1.47. The molecule has 0 aliphatic heterocycles. The Morgan fingerprint density at radius 1 is 1.37 bits per heavy atom. The molecule has 0 atom stereocenters. The van der Waals surface area contributed by atoms with Crippen molar-refractivity contribution in [2.75, 3.05) is 0 Å². The summed E-state index contributed by atoms with van der Waals surface area (Å²) in [6.07, 6.45) is 0.642. The van der Waals surface area contributed by atoms with Crippen LogP contribution in [0, 0.1) is 11.6 Å². The maximum atomic E-state index is 13.0. The minimum atomic E-state index is -0.946. The zero-order chi connectivity index (χ0) is 13.8. The van der Waals surface area contributed by atoms with Crippen LogP contribution in [0.5, 0.6) is 0 Å². The van der Waals surface area contributed by atoms with Gasteiger partial charge in [0.25, 0.3) is 5.91 Å². The van der Waals surface area contributed by atoms with Crippen molar-refractivity contribution < 1.29 is 13.6 Å². The summed E-state index contributed by atoms with van der Waals surface area (Å²) < 4.78 is 25.7. The monoisotopic (exact) mass is 266 g/mol. The fourth-order valence-corrected chi connectivity index (χ4v) is 1.47. The molecule has 19 heavy (non-hydrogen) atoms. The van der Waals surface area contributed by atoms with Gasteiger partial charge in [0.1, 0.15) is 5.82 Å². The van der Waals surface area contributed by atoms with Gasteiger partial charge in [-0.25, -0.2) is 13.8 Å². The molecule has 5 nitrogen and oxygen atoms in total. The Balaban J connectivity index is 1.98. The smallest absolute Gasteiger partial charge is 0.291 e. The van der Waals surface area contributed by atoms with Crippen LogP contribution in [0.15, 0.2) is 18.2 Å². The lowest BCUT2D eigenvalue weighted by atomic mass is 10.2. The van der Waals surface area contributed by atoms with E-state index in [2.05, 4.69) is 20.5 Å². The van der Waals surface area contributed by atoms with Gasteiger partial charge < -0.3 is 5.32 Å². The molecule has 0 aliphatic carbocycles. The Hall–Kier alpha value is -2.31. The molecule has 1 aromatic carbocycles. The van der Waals surface area contributed by atoms with Crippen LogP contribution in [0.3, 0.4) is 0 Å². The molecule has 1 aromatic heterocycles. The number of carbonyl (C=O) groups is 1. The minimum absolute atomic E-state index is 0.0273. The number of nitrogens with zero attached hydrogens (tertiary/aromatic N) is 2. The van der Waals surface area contributed by atoms with Crippen molar-refractivity contribution in [3.63, 3.8) is 0 Å².